The SMILES string of the molecule is CC(N)C1CCCCN1C1CCN(C)C1. The third-order valence-corrected chi connectivity index (χ3v) is 4.03. The molecule has 2 aliphatic rings. The third-order valence-electron chi connectivity index (χ3n) is 4.03. The Labute approximate surface area is 93.6 Å². The van der Waals surface area contributed by atoms with Crippen molar-refractivity contribution < 1.29 is 0 Å². The van der Waals surface area contributed by atoms with Crippen molar-refractivity contribution in [3.05, 3.63) is 0 Å². The van der Waals surface area contributed by atoms with E-state index in [4.69, 9.17) is 5.73 Å². The molecule has 2 saturated heterocycles. The van der Waals surface area contributed by atoms with Crippen molar-refractivity contribution in [1.82, 2.24) is 9.80 Å². The van der Waals surface area contributed by atoms with E-state index in [1.807, 2.05) is 0 Å². The van der Waals surface area contributed by atoms with Gasteiger partial charge in [-0.05, 0) is 46.3 Å². The molecule has 0 aromatic heterocycles. The molecule has 3 nitrogen and oxygen atoms in total. The molecule has 0 aromatic carbocycles. The Morgan fingerprint density at radius 1 is 1.20 bits per heavy atom. The number of hydrogen-bond acceptors (Lipinski definition) is 3. The van der Waals surface area contributed by atoms with Crippen LogP contribution in [-0.4, -0.2) is 54.6 Å². The number of hydrogen-bond donors (Lipinski definition) is 1. The van der Waals surface area contributed by atoms with Crippen molar-refractivity contribution >= 4 is 0 Å². The van der Waals surface area contributed by atoms with Gasteiger partial charge in [-0.1, -0.05) is 6.42 Å². The van der Waals surface area contributed by atoms with Gasteiger partial charge in [-0.2, -0.15) is 0 Å². The summed E-state index contributed by atoms with van der Waals surface area (Å²) in [6, 6.07) is 1.73. The number of nitrogens with zero attached hydrogens (tertiary/aromatic N) is 2. The molecule has 3 heteroatoms. The monoisotopic (exact) mass is 211 g/mol. The average molecular weight is 211 g/mol. The van der Waals surface area contributed by atoms with Crippen LogP contribution in [0.3, 0.4) is 0 Å². The Morgan fingerprint density at radius 2 is 2.00 bits per heavy atom. The molecule has 3 unspecified atom stereocenters. The summed E-state index contributed by atoms with van der Waals surface area (Å²) >= 11 is 0. The van der Waals surface area contributed by atoms with Crippen LogP contribution in [0.4, 0.5) is 0 Å². The zero-order valence-corrected chi connectivity index (χ0v) is 10.2. The molecule has 2 rings (SSSR count). The van der Waals surface area contributed by atoms with Gasteiger partial charge in [0.25, 0.3) is 0 Å². The van der Waals surface area contributed by atoms with Crippen LogP contribution < -0.4 is 5.73 Å². The summed E-state index contributed by atoms with van der Waals surface area (Å²) in [5, 5.41) is 0. The molecule has 2 aliphatic heterocycles. The first-order valence-corrected chi connectivity index (χ1v) is 6.38. The molecule has 0 aliphatic carbocycles. The van der Waals surface area contributed by atoms with E-state index in [0.717, 1.165) is 6.04 Å². The summed E-state index contributed by atoms with van der Waals surface area (Å²) in [5.41, 5.74) is 6.10. The molecule has 88 valence electrons. The van der Waals surface area contributed by atoms with Crippen LogP contribution >= 0.6 is 0 Å². The number of likely N-dealkylation sites (tertiary alicyclic amines) is 2. The van der Waals surface area contributed by atoms with Gasteiger partial charge in [0.1, 0.15) is 0 Å². The summed E-state index contributed by atoms with van der Waals surface area (Å²) < 4.78 is 0. The summed E-state index contributed by atoms with van der Waals surface area (Å²) in [6.45, 7) is 5.93. The number of rotatable bonds is 2. The Bertz CT molecular complexity index is 205. The van der Waals surface area contributed by atoms with Crippen molar-refractivity contribution in [3.63, 3.8) is 0 Å². The molecule has 3 atom stereocenters. The van der Waals surface area contributed by atoms with E-state index in [1.54, 1.807) is 0 Å². The fourth-order valence-corrected chi connectivity index (χ4v) is 3.18. The maximum atomic E-state index is 6.10. The molecule has 0 spiro atoms. The summed E-state index contributed by atoms with van der Waals surface area (Å²) in [5.74, 6) is 0. The Morgan fingerprint density at radius 3 is 2.60 bits per heavy atom. The molecule has 0 radical (unpaired) electrons. The molecule has 0 bridgehead atoms. The molecular weight excluding hydrogens is 186 g/mol. The van der Waals surface area contributed by atoms with Crippen molar-refractivity contribution in [3.8, 4) is 0 Å². The first-order chi connectivity index (χ1) is 7.18. The van der Waals surface area contributed by atoms with Gasteiger partial charge in [-0.15, -0.1) is 0 Å². The maximum absolute atomic E-state index is 6.10. The van der Waals surface area contributed by atoms with Crippen LogP contribution in [0.2, 0.25) is 0 Å². The Hall–Kier alpha value is -0.120. The number of piperidine rings is 1. The normalized spacial score (nSPS) is 37.0. The van der Waals surface area contributed by atoms with E-state index in [-0.39, 0.29) is 0 Å². The van der Waals surface area contributed by atoms with Crippen LogP contribution in [-0.2, 0) is 0 Å². The molecular formula is C12H25N3. The van der Waals surface area contributed by atoms with Gasteiger partial charge in [-0.25, -0.2) is 0 Å². The highest BCUT2D eigenvalue weighted by molar-refractivity contribution is 4.91. The zero-order valence-electron chi connectivity index (χ0n) is 10.2. The lowest BCUT2D eigenvalue weighted by molar-refractivity contribution is 0.0851. The average Bonchev–Trinajstić information content (AvgIpc) is 2.65. The minimum atomic E-state index is 0.330. The van der Waals surface area contributed by atoms with Gasteiger partial charge in [0.15, 0.2) is 0 Å². The van der Waals surface area contributed by atoms with E-state index in [1.165, 1.54) is 45.3 Å². The van der Waals surface area contributed by atoms with Crippen LogP contribution in [0.25, 0.3) is 0 Å². The highest BCUT2D eigenvalue weighted by Gasteiger charge is 2.33. The lowest BCUT2D eigenvalue weighted by Gasteiger charge is -2.41. The van der Waals surface area contributed by atoms with Gasteiger partial charge in [0, 0.05) is 24.7 Å². The van der Waals surface area contributed by atoms with Crippen LogP contribution in [0.1, 0.15) is 32.6 Å². The highest BCUT2D eigenvalue weighted by Crippen LogP contribution is 2.25. The van der Waals surface area contributed by atoms with Crippen LogP contribution in [0, 0.1) is 0 Å². The topological polar surface area (TPSA) is 32.5 Å². The van der Waals surface area contributed by atoms with Crippen molar-refractivity contribution in [2.75, 3.05) is 26.7 Å². The lowest BCUT2D eigenvalue weighted by Crippen LogP contribution is -2.53. The summed E-state index contributed by atoms with van der Waals surface area (Å²) in [4.78, 5) is 5.13. The van der Waals surface area contributed by atoms with E-state index >= 15 is 0 Å². The van der Waals surface area contributed by atoms with Gasteiger partial charge in [0.2, 0.25) is 0 Å². The van der Waals surface area contributed by atoms with E-state index in [0.29, 0.717) is 12.1 Å². The maximum Gasteiger partial charge on any atom is 0.0247 e. The van der Waals surface area contributed by atoms with Crippen molar-refractivity contribution in [2.24, 2.45) is 5.73 Å². The predicted molar refractivity (Wildman–Crippen MR) is 63.9 cm³/mol. The van der Waals surface area contributed by atoms with Crippen LogP contribution in [0.15, 0.2) is 0 Å². The molecule has 15 heavy (non-hydrogen) atoms. The minimum Gasteiger partial charge on any atom is -0.327 e. The Balaban J connectivity index is 1.98. The highest BCUT2D eigenvalue weighted by atomic mass is 15.3. The zero-order chi connectivity index (χ0) is 10.8. The largest absolute Gasteiger partial charge is 0.327 e. The molecule has 2 N–H and O–H groups in total. The molecule has 0 amide bonds. The van der Waals surface area contributed by atoms with Gasteiger partial charge >= 0.3 is 0 Å². The molecule has 0 aromatic rings. The smallest absolute Gasteiger partial charge is 0.0247 e. The van der Waals surface area contributed by atoms with Crippen molar-refractivity contribution in [2.45, 2.75) is 50.7 Å². The van der Waals surface area contributed by atoms with Gasteiger partial charge in [0.05, 0.1) is 0 Å². The lowest BCUT2D eigenvalue weighted by atomic mass is 9.95. The first-order valence-electron chi connectivity index (χ1n) is 6.38. The van der Waals surface area contributed by atoms with E-state index in [9.17, 15) is 0 Å². The van der Waals surface area contributed by atoms with E-state index in [2.05, 4.69) is 23.8 Å². The molecule has 2 heterocycles. The quantitative estimate of drug-likeness (QED) is 0.736. The minimum absolute atomic E-state index is 0.330. The van der Waals surface area contributed by atoms with Crippen LogP contribution in [0.5, 0.6) is 0 Å². The fourth-order valence-electron chi connectivity index (χ4n) is 3.18. The third kappa shape index (κ3) is 2.52. The van der Waals surface area contributed by atoms with Gasteiger partial charge < -0.3 is 10.6 Å². The van der Waals surface area contributed by atoms with Crippen molar-refractivity contribution in [1.29, 1.82) is 0 Å². The molecule has 0 saturated carbocycles. The summed E-state index contributed by atoms with van der Waals surface area (Å²) in [6.07, 6.45) is 5.37. The second kappa shape index (κ2) is 4.81. The standard InChI is InChI=1S/C12H25N3/c1-10(13)12-5-3-4-7-15(12)11-6-8-14(2)9-11/h10-12H,3-9,13H2,1-2H3. The summed E-state index contributed by atoms with van der Waals surface area (Å²) in [7, 11) is 2.23. The second-order valence-electron chi connectivity index (χ2n) is 5.36. The number of likely N-dealkylation sites (N-methyl/N-ethyl adjacent to an activating group) is 1. The molecule has 2 fully saturated rings. The number of nitrogens with two attached hydrogens (primary N) is 1. The first kappa shape index (κ1) is 11.4. The predicted octanol–water partition coefficient (Wildman–Crippen LogP) is 0.892. The fraction of sp³-hybridized carbons (Fsp3) is 1.00. The second-order valence-corrected chi connectivity index (χ2v) is 5.36. The van der Waals surface area contributed by atoms with Gasteiger partial charge in [-0.3, -0.25) is 4.90 Å². The Kier molecular flexibility index (Phi) is 3.65. The van der Waals surface area contributed by atoms with E-state index < -0.39 is 0 Å².